The van der Waals surface area contributed by atoms with Gasteiger partial charge in [0.05, 0.1) is 0 Å². The van der Waals surface area contributed by atoms with Crippen molar-refractivity contribution in [1.29, 1.82) is 0 Å². The zero-order chi connectivity index (χ0) is 9.97. The maximum atomic E-state index is 5.67. The minimum Gasteiger partial charge on any atom is -0.384 e. The third kappa shape index (κ3) is 2.38. The molecule has 14 heavy (non-hydrogen) atoms. The molecule has 0 bridgehead atoms. The van der Waals surface area contributed by atoms with Crippen LogP contribution < -0.4 is 5.73 Å². The first-order valence-electron chi connectivity index (χ1n) is 5.02. The SMILES string of the molecule is Cc1cc(N)nc(SC2CCCC2)n1. The van der Waals surface area contributed by atoms with E-state index >= 15 is 0 Å². The van der Waals surface area contributed by atoms with Crippen LogP contribution in [0.1, 0.15) is 31.4 Å². The van der Waals surface area contributed by atoms with Crippen LogP contribution in [-0.2, 0) is 0 Å². The molecule has 2 N–H and O–H groups in total. The molecule has 0 aromatic carbocycles. The van der Waals surface area contributed by atoms with Crippen LogP contribution in [0, 0.1) is 6.92 Å². The summed E-state index contributed by atoms with van der Waals surface area (Å²) in [5.41, 5.74) is 6.63. The second-order valence-corrected chi connectivity index (χ2v) is 5.01. The van der Waals surface area contributed by atoms with Gasteiger partial charge in [0, 0.05) is 17.0 Å². The first-order chi connectivity index (χ1) is 6.74. The lowest BCUT2D eigenvalue weighted by Crippen LogP contribution is -2.00. The first-order valence-corrected chi connectivity index (χ1v) is 5.90. The van der Waals surface area contributed by atoms with Crippen molar-refractivity contribution in [3.8, 4) is 0 Å². The molecule has 76 valence electrons. The summed E-state index contributed by atoms with van der Waals surface area (Å²) in [6, 6.07) is 1.80. The summed E-state index contributed by atoms with van der Waals surface area (Å²) in [5, 5.41) is 1.55. The van der Waals surface area contributed by atoms with Gasteiger partial charge >= 0.3 is 0 Å². The lowest BCUT2D eigenvalue weighted by atomic mass is 10.4. The van der Waals surface area contributed by atoms with E-state index in [2.05, 4.69) is 9.97 Å². The van der Waals surface area contributed by atoms with E-state index < -0.39 is 0 Å². The lowest BCUT2D eigenvalue weighted by Gasteiger charge is -2.07. The Hall–Kier alpha value is -0.770. The van der Waals surface area contributed by atoms with Gasteiger partial charge in [-0.1, -0.05) is 24.6 Å². The maximum absolute atomic E-state index is 5.67. The van der Waals surface area contributed by atoms with Crippen molar-refractivity contribution in [2.24, 2.45) is 0 Å². The second kappa shape index (κ2) is 4.17. The Morgan fingerprint density at radius 3 is 2.71 bits per heavy atom. The highest BCUT2D eigenvalue weighted by molar-refractivity contribution is 7.99. The summed E-state index contributed by atoms with van der Waals surface area (Å²) >= 11 is 1.78. The molecule has 0 unspecified atom stereocenters. The quantitative estimate of drug-likeness (QED) is 0.760. The second-order valence-electron chi connectivity index (χ2n) is 3.74. The molecule has 0 aliphatic heterocycles. The molecule has 2 rings (SSSR count). The standard InChI is InChI=1S/C10H15N3S/c1-7-6-9(11)13-10(12-7)14-8-4-2-3-5-8/h6,8H,2-5H2,1H3,(H2,11,12,13). The summed E-state index contributed by atoms with van der Waals surface area (Å²) in [4.78, 5) is 8.60. The monoisotopic (exact) mass is 209 g/mol. The molecule has 0 saturated heterocycles. The van der Waals surface area contributed by atoms with Crippen LogP contribution in [0.25, 0.3) is 0 Å². The maximum Gasteiger partial charge on any atom is 0.189 e. The summed E-state index contributed by atoms with van der Waals surface area (Å²) in [5.74, 6) is 0.581. The third-order valence-electron chi connectivity index (χ3n) is 2.43. The van der Waals surface area contributed by atoms with E-state index in [1.807, 2.05) is 6.92 Å². The fourth-order valence-corrected chi connectivity index (χ4v) is 2.99. The first kappa shape index (κ1) is 9.77. The van der Waals surface area contributed by atoms with Gasteiger partial charge in [-0.05, 0) is 19.8 Å². The zero-order valence-corrected chi connectivity index (χ0v) is 9.18. The number of hydrogen-bond donors (Lipinski definition) is 1. The van der Waals surface area contributed by atoms with E-state index in [-0.39, 0.29) is 0 Å². The van der Waals surface area contributed by atoms with Gasteiger partial charge in [0.25, 0.3) is 0 Å². The van der Waals surface area contributed by atoms with Crippen molar-refractivity contribution >= 4 is 17.6 Å². The van der Waals surface area contributed by atoms with Crippen molar-refractivity contribution in [3.63, 3.8) is 0 Å². The van der Waals surface area contributed by atoms with Crippen LogP contribution in [0.4, 0.5) is 5.82 Å². The molecule has 0 radical (unpaired) electrons. The predicted molar refractivity (Wildman–Crippen MR) is 59.3 cm³/mol. The Bertz CT molecular complexity index is 301. The van der Waals surface area contributed by atoms with Gasteiger partial charge < -0.3 is 5.73 Å². The molecule has 1 fully saturated rings. The smallest absolute Gasteiger partial charge is 0.189 e. The molecule has 0 spiro atoms. The molecule has 3 nitrogen and oxygen atoms in total. The Morgan fingerprint density at radius 2 is 2.07 bits per heavy atom. The number of anilines is 1. The topological polar surface area (TPSA) is 51.8 Å². The highest BCUT2D eigenvalue weighted by Gasteiger charge is 2.17. The van der Waals surface area contributed by atoms with Gasteiger partial charge in [0.1, 0.15) is 5.82 Å². The molecule has 4 heteroatoms. The third-order valence-corrected chi connectivity index (χ3v) is 3.63. The van der Waals surface area contributed by atoms with Gasteiger partial charge in [0.2, 0.25) is 0 Å². The molecule has 1 heterocycles. The highest BCUT2D eigenvalue weighted by Crippen LogP contribution is 2.33. The number of rotatable bonds is 2. The Kier molecular flexibility index (Phi) is 2.91. The number of aromatic nitrogens is 2. The van der Waals surface area contributed by atoms with E-state index in [0.29, 0.717) is 11.1 Å². The van der Waals surface area contributed by atoms with Crippen molar-refractivity contribution in [3.05, 3.63) is 11.8 Å². The molecule has 1 aromatic heterocycles. The molecule has 1 aliphatic rings. The number of thioether (sulfide) groups is 1. The van der Waals surface area contributed by atoms with Crippen LogP contribution in [0.15, 0.2) is 11.2 Å². The molecule has 1 aromatic rings. The number of nitrogens with zero attached hydrogens (tertiary/aromatic N) is 2. The van der Waals surface area contributed by atoms with Crippen LogP contribution in [-0.4, -0.2) is 15.2 Å². The number of aryl methyl sites for hydroxylation is 1. The normalized spacial score (nSPS) is 17.5. The van der Waals surface area contributed by atoms with E-state index in [0.717, 1.165) is 10.9 Å². The predicted octanol–water partition coefficient (Wildman–Crippen LogP) is 2.40. The summed E-state index contributed by atoms with van der Waals surface area (Å²) in [7, 11) is 0. The fourth-order valence-electron chi connectivity index (χ4n) is 1.77. The molecule has 0 atom stereocenters. The summed E-state index contributed by atoms with van der Waals surface area (Å²) in [6.45, 7) is 1.96. The van der Waals surface area contributed by atoms with Crippen LogP contribution in [0.2, 0.25) is 0 Å². The number of nitrogens with two attached hydrogens (primary N) is 1. The minimum absolute atomic E-state index is 0.581. The van der Waals surface area contributed by atoms with Gasteiger partial charge in [-0.3, -0.25) is 0 Å². The van der Waals surface area contributed by atoms with Gasteiger partial charge in [-0.15, -0.1) is 0 Å². The average Bonchev–Trinajstić information content (AvgIpc) is 2.54. The molecule has 1 aliphatic carbocycles. The highest BCUT2D eigenvalue weighted by atomic mass is 32.2. The van der Waals surface area contributed by atoms with Crippen molar-refractivity contribution in [1.82, 2.24) is 9.97 Å². The number of hydrogen-bond acceptors (Lipinski definition) is 4. The van der Waals surface area contributed by atoms with E-state index in [1.54, 1.807) is 17.8 Å². The van der Waals surface area contributed by atoms with Crippen molar-refractivity contribution in [2.45, 2.75) is 43.0 Å². The van der Waals surface area contributed by atoms with Crippen molar-refractivity contribution in [2.75, 3.05) is 5.73 Å². The lowest BCUT2D eigenvalue weighted by molar-refractivity contribution is 0.879. The van der Waals surface area contributed by atoms with E-state index in [1.165, 1.54) is 25.7 Å². The molecule has 1 saturated carbocycles. The van der Waals surface area contributed by atoms with Gasteiger partial charge in [0.15, 0.2) is 5.16 Å². The van der Waals surface area contributed by atoms with Crippen LogP contribution >= 0.6 is 11.8 Å². The van der Waals surface area contributed by atoms with E-state index in [9.17, 15) is 0 Å². The molecular formula is C10H15N3S. The summed E-state index contributed by atoms with van der Waals surface area (Å²) in [6.07, 6.45) is 5.28. The summed E-state index contributed by atoms with van der Waals surface area (Å²) < 4.78 is 0. The molecule has 0 amide bonds. The molecular weight excluding hydrogens is 194 g/mol. The van der Waals surface area contributed by atoms with Crippen LogP contribution in [0.5, 0.6) is 0 Å². The van der Waals surface area contributed by atoms with Crippen molar-refractivity contribution < 1.29 is 0 Å². The largest absolute Gasteiger partial charge is 0.384 e. The van der Waals surface area contributed by atoms with Crippen LogP contribution in [0.3, 0.4) is 0 Å². The average molecular weight is 209 g/mol. The van der Waals surface area contributed by atoms with E-state index in [4.69, 9.17) is 5.73 Å². The zero-order valence-electron chi connectivity index (χ0n) is 8.36. The number of nitrogen functional groups attached to an aromatic ring is 1. The minimum atomic E-state index is 0.581. The Morgan fingerprint density at radius 1 is 1.36 bits per heavy atom. The fraction of sp³-hybridized carbons (Fsp3) is 0.600. The Labute approximate surface area is 88.5 Å². The Balaban J connectivity index is 2.07. The van der Waals surface area contributed by atoms with Gasteiger partial charge in [-0.2, -0.15) is 0 Å². The van der Waals surface area contributed by atoms with Gasteiger partial charge in [-0.25, -0.2) is 9.97 Å².